The lowest BCUT2D eigenvalue weighted by atomic mass is 10.0. The standard InChI is InChI=1S/C53H107NS2/c1-3-5-7-9-11-13-15-17-19-21-23-25-27-29-31-33-35-37-39-41-43-45-47-49-51-54(53(55)56)52-50-48-46-44-42-40-38-36-34-32-30-28-26-24-22-20-18-16-14-12-10-8-6-4-2/h3-52H2,1-2H3,(H,55,56). The minimum atomic E-state index is 0.813. The van der Waals surface area contributed by atoms with Gasteiger partial charge in [-0.25, -0.2) is 0 Å². The number of nitrogens with zero attached hydrogens (tertiary/aromatic N) is 1. The van der Waals surface area contributed by atoms with E-state index in [1.165, 1.54) is 308 Å². The minimum absolute atomic E-state index is 0.813. The van der Waals surface area contributed by atoms with Crippen LogP contribution in [-0.4, -0.2) is 22.3 Å². The van der Waals surface area contributed by atoms with E-state index in [9.17, 15) is 0 Å². The number of unbranched alkanes of at least 4 members (excludes halogenated alkanes) is 46. The van der Waals surface area contributed by atoms with E-state index in [0.29, 0.717) is 0 Å². The normalized spacial score (nSPS) is 11.6. The molecule has 1 nitrogen and oxygen atoms in total. The molecule has 0 bridgehead atoms. The highest BCUT2D eigenvalue weighted by molar-refractivity contribution is 8.10. The van der Waals surface area contributed by atoms with Gasteiger partial charge >= 0.3 is 0 Å². The molecule has 0 heterocycles. The van der Waals surface area contributed by atoms with E-state index in [2.05, 4.69) is 31.4 Å². The Morgan fingerprint density at radius 2 is 0.375 bits per heavy atom. The van der Waals surface area contributed by atoms with E-state index in [4.69, 9.17) is 12.2 Å². The van der Waals surface area contributed by atoms with Crippen LogP contribution in [0.4, 0.5) is 0 Å². The first kappa shape index (κ1) is 56.2. The van der Waals surface area contributed by atoms with Crippen molar-refractivity contribution in [2.24, 2.45) is 0 Å². The molecule has 0 N–H and O–H groups in total. The second-order valence-corrected chi connectivity index (χ2v) is 19.6. The Kier molecular flexibility index (Phi) is 51.6. The molecule has 0 aromatic carbocycles. The van der Waals surface area contributed by atoms with Gasteiger partial charge in [-0.1, -0.05) is 321 Å². The highest BCUT2D eigenvalue weighted by Crippen LogP contribution is 2.18. The molecule has 0 unspecified atom stereocenters. The van der Waals surface area contributed by atoms with Crippen molar-refractivity contribution >= 4 is 29.2 Å². The van der Waals surface area contributed by atoms with E-state index < -0.39 is 0 Å². The fraction of sp³-hybridized carbons (Fsp3) is 0.981. The van der Waals surface area contributed by atoms with Gasteiger partial charge in [-0.15, -0.1) is 12.6 Å². The zero-order chi connectivity index (χ0) is 40.5. The molecule has 0 aromatic heterocycles. The summed E-state index contributed by atoms with van der Waals surface area (Å²) in [6.07, 6.45) is 69.5. The van der Waals surface area contributed by atoms with Crippen LogP contribution < -0.4 is 0 Å². The van der Waals surface area contributed by atoms with Gasteiger partial charge in [0.1, 0.15) is 4.32 Å². The Bertz CT molecular complexity index is 658. The summed E-state index contributed by atoms with van der Waals surface area (Å²) in [5.74, 6) is 0. The Morgan fingerprint density at radius 3 is 0.500 bits per heavy atom. The van der Waals surface area contributed by atoms with Crippen LogP contribution in [-0.2, 0) is 0 Å². The summed E-state index contributed by atoms with van der Waals surface area (Å²) in [4.78, 5) is 2.37. The third-order valence-electron chi connectivity index (χ3n) is 12.8. The third kappa shape index (κ3) is 48.6. The van der Waals surface area contributed by atoms with Crippen molar-refractivity contribution in [2.45, 2.75) is 322 Å². The maximum atomic E-state index is 5.48. The van der Waals surface area contributed by atoms with Crippen molar-refractivity contribution in [1.29, 1.82) is 0 Å². The van der Waals surface area contributed by atoms with Crippen molar-refractivity contribution < 1.29 is 0 Å². The molecule has 0 aliphatic heterocycles. The van der Waals surface area contributed by atoms with E-state index >= 15 is 0 Å². The van der Waals surface area contributed by atoms with E-state index in [-0.39, 0.29) is 0 Å². The van der Waals surface area contributed by atoms with Gasteiger partial charge in [0.05, 0.1) is 0 Å². The first-order valence-electron chi connectivity index (χ1n) is 26.7. The van der Waals surface area contributed by atoms with Crippen molar-refractivity contribution in [3.8, 4) is 0 Å². The fourth-order valence-corrected chi connectivity index (χ4v) is 9.22. The maximum Gasteiger partial charge on any atom is 0.133 e. The molecule has 0 fully saturated rings. The second kappa shape index (κ2) is 51.4. The fourth-order valence-electron chi connectivity index (χ4n) is 8.83. The van der Waals surface area contributed by atoms with E-state index in [1.807, 2.05) is 0 Å². The summed E-state index contributed by atoms with van der Waals surface area (Å²) >= 11 is 10.0. The molecule has 0 radical (unpaired) electrons. The number of thiocarbonyl (C=S) groups is 1. The quantitative estimate of drug-likeness (QED) is 0.0370. The van der Waals surface area contributed by atoms with Gasteiger partial charge in [-0.05, 0) is 12.8 Å². The molecule has 0 saturated heterocycles. The molecule has 0 aliphatic carbocycles. The Morgan fingerprint density at radius 1 is 0.250 bits per heavy atom. The van der Waals surface area contributed by atoms with Crippen LogP contribution in [0.25, 0.3) is 0 Å². The third-order valence-corrected chi connectivity index (χ3v) is 13.4. The summed E-state index contributed by atoms with van der Waals surface area (Å²) < 4.78 is 0.813. The molecule has 3 heteroatoms. The first-order chi connectivity index (χ1) is 27.7. The Balaban J connectivity index is 3.31. The maximum absolute atomic E-state index is 5.48. The van der Waals surface area contributed by atoms with Gasteiger partial charge in [0.15, 0.2) is 0 Å². The molecule has 0 aromatic rings. The average molecular weight is 823 g/mol. The van der Waals surface area contributed by atoms with Crippen LogP contribution in [0.3, 0.4) is 0 Å². The van der Waals surface area contributed by atoms with Gasteiger partial charge in [-0.3, -0.25) is 0 Å². The largest absolute Gasteiger partial charge is 0.358 e. The smallest absolute Gasteiger partial charge is 0.133 e. The second-order valence-electron chi connectivity index (χ2n) is 18.5. The Hall–Kier alpha value is 0.240. The Labute approximate surface area is 367 Å². The van der Waals surface area contributed by atoms with Crippen LogP contribution in [0.15, 0.2) is 0 Å². The SMILES string of the molecule is CCCCCCCCCCCCCCCCCCCCCCCCCCN(CCCCCCCCCCCCCCCCCCCCCCCCCC)C(=S)S. The summed E-state index contributed by atoms with van der Waals surface area (Å²) in [6.45, 7) is 6.84. The first-order valence-corrected chi connectivity index (χ1v) is 27.6. The van der Waals surface area contributed by atoms with Gasteiger partial charge < -0.3 is 4.90 Å². The van der Waals surface area contributed by atoms with Crippen LogP contribution in [0.5, 0.6) is 0 Å². The molecule has 0 saturated carbocycles. The van der Waals surface area contributed by atoms with Gasteiger partial charge in [0, 0.05) is 13.1 Å². The van der Waals surface area contributed by atoms with E-state index in [1.54, 1.807) is 0 Å². The van der Waals surface area contributed by atoms with Crippen LogP contribution in [0.2, 0.25) is 0 Å². The molecule has 0 amide bonds. The molecule has 336 valence electrons. The zero-order valence-electron chi connectivity index (χ0n) is 39.2. The molecular weight excluding hydrogens is 715 g/mol. The van der Waals surface area contributed by atoms with Crippen LogP contribution >= 0.6 is 24.8 Å². The highest BCUT2D eigenvalue weighted by Gasteiger charge is 2.06. The van der Waals surface area contributed by atoms with Crippen molar-refractivity contribution in [2.75, 3.05) is 13.1 Å². The predicted octanol–water partition coefficient (Wildman–Crippen LogP) is 20.3. The molecule has 0 aliphatic rings. The van der Waals surface area contributed by atoms with Gasteiger partial charge in [0.25, 0.3) is 0 Å². The predicted molar refractivity (Wildman–Crippen MR) is 266 cm³/mol. The summed E-state index contributed by atoms with van der Waals surface area (Å²) in [6, 6.07) is 0. The molecule has 56 heavy (non-hydrogen) atoms. The zero-order valence-corrected chi connectivity index (χ0v) is 40.9. The van der Waals surface area contributed by atoms with E-state index in [0.717, 1.165) is 17.4 Å². The lowest BCUT2D eigenvalue weighted by Gasteiger charge is -2.22. The van der Waals surface area contributed by atoms with Gasteiger partial charge in [0.2, 0.25) is 0 Å². The van der Waals surface area contributed by atoms with Gasteiger partial charge in [-0.2, -0.15) is 0 Å². The average Bonchev–Trinajstić information content (AvgIpc) is 3.20. The molecule has 0 atom stereocenters. The summed E-state index contributed by atoms with van der Waals surface area (Å²) in [7, 11) is 0. The number of thiol groups is 1. The number of hydrogen-bond donors (Lipinski definition) is 1. The molecular formula is C53H107NS2. The molecule has 0 spiro atoms. The highest BCUT2D eigenvalue weighted by atomic mass is 32.1. The van der Waals surface area contributed by atoms with Crippen molar-refractivity contribution in [3.05, 3.63) is 0 Å². The lowest BCUT2D eigenvalue weighted by molar-refractivity contribution is 0.394. The summed E-state index contributed by atoms with van der Waals surface area (Å²) in [5, 5.41) is 0. The minimum Gasteiger partial charge on any atom is -0.358 e. The van der Waals surface area contributed by atoms with Crippen LogP contribution in [0.1, 0.15) is 322 Å². The molecule has 0 rings (SSSR count). The number of hydrogen-bond acceptors (Lipinski definition) is 1. The topological polar surface area (TPSA) is 3.24 Å². The monoisotopic (exact) mass is 822 g/mol. The van der Waals surface area contributed by atoms with Crippen molar-refractivity contribution in [1.82, 2.24) is 4.90 Å². The number of rotatable bonds is 50. The van der Waals surface area contributed by atoms with Crippen LogP contribution in [0, 0.1) is 0 Å². The van der Waals surface area contributed by atoms with Crippen molar-refractivity contribution in [3.63, 3.8) is 0 Å². The lowest BCUT2D eigenvalue weighted by Crippen LogP contribution is -2.28. The summed E-state index contributed by atoms with van der Waals surface area (Å²) in [5.41, 5.74) is 0.